The second-order valence-electron chi connectivity index (χ2n) is 5.08. The van der Waals surface area contributed by atoms with Crippen molar-refractivity contribution in [1.82, 2.24) is 5.32 Å². The van der Waals surface area contributed by atoms with Gasteiger partial charge in [-0.2, -0.15) is 0 Å². The molecule has 1 atom stereocenters. The molecule has 1 N–H and O–H groups in total. The average molecular weight is 347 g/mol. The van der Waals surface area contributed by atoms with Gasteiger partial charge in [0.15, 0.2) is 0 Å². The van der Waals surface area contributed by atoms with Crippen molar-refractivity contribution in [3.05, 3.63) is 33.3 Å². The minimum absolute atomic E-state index is 0.522. The predicted octanol–water partition coefficient (Wildman–Crippen LogP) is 5.45. The molecule has 108 valence electrons. The zero-order valence-electron chi connectivity index (χ0n) is 12.2. The summed E-state index contributed by atoms with van der Waals surface area (Å²) in [5.74, 6) is 0.714. The molecule has 1 rings (SSSR count). The highest BCUT2D eigenvalue weighted by atomic mass is 79.9. The maximum Gasteiger partial charge on any atom is 0.0449 e. The Kier molecular flexibility index (Phi) is 8.05. The van der Waals surface area contributed by atoms with Crippen LogP contribution >= 0.6 is 27.5 Å². The molecule has 1 unspecified atom stereocenters. The van der Waals surface area contributed by atoms with E-state index in [2.05, 4.69) is 54.2 Å². The van der Waals surface area contributed by atoms with Gasteiger partial charge in [-0.3, -0.25) is 0 Å². The number of benzene rings is 1. The third kappa shape index (κ3) is 5.45. The Labute approximate surface area is 131 Å². The van der Waals surface area contributed by atoms with Gasteiger partial charge in [0.2, 0.25) is 0 Å². The lowest BCUT2D eigenvalue weighted by Gasteiger charge is -2.27. The Morgan fingerprint density at radius 1 is 1.21 bits per heavy atom. The molecule has 0 aliphatic carbocycles. The quantitative estimate of drug-likeness (QED) is 0.660. The van der Waals surface area contributed by atoms with Crippen LogP contribution in [0.15, 0.2) is 22.7 Å². The third-order valence-corrected chi connectivity index (χ3v) is 4.57. The van der Waals surface area contributed by atoms with E-state index >= 15 is 0 Å². The highest BCUT2D eigenvalue weighted by molar-refractivity contribution is 9.10. The molecule has 1 nitrogen and oxygen atoms in total. The Hall–Kier alpha value is -0.0500. The van der Waals surface area contributed by atoms with Crippen molar-refractivity contribution >= 4 is 27.5 Å². The molecular weight excluding hydrogens is 322 g/mol. The molecule has 0 saturated heterocycles. The predicted molar refractivity (Wildman–Crippen MR) is 89.0 cm³/mol. The topological polar surface area (TPSA) is 12.0 Å². The van der Waals surface area contributed by atoms with Crippen LogP contribution in [-0.2, 0) is 6.42 Å². The smallest absolute Gasteiger partial charge is 0.0449 e. The van der Waals surface area contributed by atoms with Crippen molar-refractivity contribution in [2.75, 3.05) is 6.54 Å². The van der Waals surface area contributed by atoms with Crippen molar-refractivity contribution < 1.29 is 0 Å². The van der Waals surface area contributed by atoms with Crippen molar-refractivity contribution in [2.24, 2.45) is 5.92 Å². The molecule has 0 aromatic heterocycles. The number of halogens is 2. The zero-order chi connectivity index (χ0) is 14.3. The van der Waals surface area contributed by atoms with Gasteiger partial charge in [0.1, 0.15) is 0 Å². The van der Waals surface area contributed by atoms with E-state index in [1.807, 2.05) is 6.07 Å². The van der Waals surface area contributed by atoms with Crippen LogP contribution in [0.3, 0.4) is 0 Å². The number of hydrogen-bond donors (Lipinski definition) is 1. The fraction of sp³-hybridized carbons (Fsp3) is 0.625. The Balaban J connectivity index is 2.80. The summed E-state index contributed by atoms with van der Waals surface area (Å²) in [5, 5.41) is 4.56. The van der Waals surface area contributed by atoms with E-state index in [0.29, 0.717) is 12.0 Å². The number of rotatable bonds is 8. The monoisotopic (exact) mass is 345 g/mol. The summed E-state index contributed by atoms with van der Waals surface area (Å²) in [4.78, 5) is 0. The summed E-state index contributed by atoms with van der Waals surface area (Å²) in [5.41, 5.74) is 1.24. The number of nitrogens with one attached hydrogen (secondary N) is 1. The van der Waals surface area contributed by atoms with Crippen LogP contribution in [0.25, 0.3) is 0 Å². The van der Waals surface area contributed by atoms with Gasteiger partial charge < -0.3 is 5.32 Å². The van der Waals surface area contributed by atoms with Gasteiger partial charge in [-0.05, 0) is 43.0 Å². The molecule has 0 fully saturated rings. The van der Waals surface area contributed by atoms with E-state index < -0.39 is 0 Å². The molecule has 3 heteroatoms. The molecule has 19 heavy (non-hydrogen) atoms. The summed E-state index contributed by atoms with van der Waals surface area (Å²) in [6.07, 6.45) is 4.61. The molecule has 0 saturated carbocycles. The molecule has 0 spiro atoms. The van der Waals surface area contributed by atoms with E-state index in [-0.39, 0.29) is 0 Å². The number of hydrogen-bond acceptors (Lipinski definition) is 1. The van der Waals surface area contributed by atoms with Crippen LogP contribution in [0.4, 0.5) is 0 Å². The van der Waals surface area contributed by atoms with Gasteiger partial charge in [0.25, 0.3) is 0 Å². The Morgan fingerprint density at radius 3 is 2.42 bits per heavy atom. The molecule has 1 aromatic rings. The van der Waals surface area contributed by atoms with E-state index in [0.717, 1.165) is 22.5 Å². The lowest BCUT2D eigenvalue weighted by atomic mass is 9.89. The molecule has 0 aliphatic heterocycles. The molecule has 1 aromatic carbocycles. The molecular formula is C16H25BrClN. The first-order valence-corrected chi connectivity index (χ1v) is 8.46. The summed E-state index contributed by atoms with van der Waals surface area (Å²) in [6.45, 7) is 7.84. The lowest BCUT2D eigenvalue weighted by Crippen LogP contribution is -2.38. The highest BCUT2D eigenvalue weighted by Crippen LogP contribution is 2.25. The van der Waals surface area contributed by atoms with E-state index in [1.165, 1.54) is 24.8 Å². The SMILES string of the molecule is CCCNC(Cc1ccc(Br)cc1Cl)C(CC)CC. The lowest BCUT2D eigenvalue weighted by molar-refractivity contribution is 0.332. The minimum Gasteiger partial charge on any atom is -0.313 e. The van der Waals surface area contributed by atoms with Crippen LogP contribution in [0.1, 0.15) is 45.6 Å². The first-order chi connectivity index (χ1) is 9.12. The average Bonchev–Trinajstić information content (AvgIpc) is 2.39. The molecule has 0 heterocycles. The van der Waals surface area contributed by atoms with Crippen LogP contribution in [0, 0.1) is 5.92 Å². The second-order valence-corrected chi connectivity index (χ2v) is 6.40. The minimum atomic E-state index is 0.522. The first-order valence-electron chi connectivity index (χ1n) is 7.29. The van der Waals surface area contributed by atoms with Crippen molar-refractivity contribution in [3.63, 3.8) is 0 Å². The van der Waals surface area contributed by atoms with Crippen LogP contribution < -0.4 is 5.32 Å². The van der Waals surface area contributed by atoms with Crippen LogP contribution in [0.5, 0.6) is 0 Å². The molecule has 0 radical (unpaired) electrons. The van der Waals surface area contributed by atoms with Crippen molar-refractivity contribution in [1.29, 1.82) is 0 Å². The van der Waals surface area contributed by atoms with Crippen molar-refractivity contribution in [2.45, 2.75) is 52.5 Å². The fourth-order valence-corrected chi connectivity index (χ4v) is 3.27. The fourth-order valence-electron chi connectivity index (χ4n) is 2.52. The zero-order valence-corrected chi connectivity index (χ0v) is 14.5. The first kappa shape index (κ1) is 17.0. The van der Waals surface area contributed by atoms with Crippen LogP contribution in [-0.4, -0.2) is 12.6 Å². The molecule has 0 bridgehead atoms. The summed E-state index contributed by atoms with van der Waals surface area (Å²) < 4.78 is 1.04. The molecule has 0 amide bonds. The third-order valence-electron chi connectivity index (χ3n) is 3.73. The van der Waals surface area contributed by atoms with Crippen molar-refractivity contribution in [3.8, 4) is 0 Å². The summed E-state index contributed by atoms with van der Waals surface area (Å²) >= 11 is 9.80. The Bertz CT molecular complexity index is 377. The highest BCUT2D eigenvalue weighted by Gasteiger charge is 2.19. The van der Waals surface area contributed by atoms with Gasteiger partial charge in [-0.25, -0.2) is 0 Å². The maximum atomic E-state index is 6.34. The largest absolute Gasteiger partial charge is 0.313 e. The summed E-state index contributed by atoms with van der Waals surface area (Å²) in [6, 6.07) is 6.72. The maximum absolute atomic E-state index is 6.34. The van der Waals surface area contributed by atoms with Crippen LogP contribution in [0.2, 0.25) is 5.02 Å². The normalized spacial score (nSPS) is 12.9. The molecule has 0 aliphatic rings. The van der Waals surface area contributed by atoms with E-state index in [9.17, 15) is 0 Å². The summed E-state index contributed by atoms with van der Waals surface area (Å²) in [7, 11) is 0. The van der Waals surface area contributed by atoms with Gasteiger partial charge in [0.05, 0.1) is 0 Å². The van der Waals surface area contributed by atoms with E-state index in [4.69, 9.17) is 11.6 Å². The van der Waals surface area contributed by atoms with Gasteiger partial charge in [0, 0.05) is 15.5 Å². The van der Waals surface area contributed by atoms with E-state index in [1.54, 1.807) is 0 Å². The Morgan fingerprint density at radius 2 is 1.89 bits per heavy atom. The van der Waals surface area contributed by atoms with Gasteiger partial charge in [-0.15, -0.1) is 0 Å². The van der Waals surface area contributed by atoms with Gasteiger partial charge >= 0.3 is 0 Å². The standard InChI is InChI=1S/C16H25BrClN/c1-4-9-19-16(12(5-2)6-3)10-13-7-8-14(17)11-15(13)18/h7-8,11-12,16,19H,4-6,9-10H2,1-3H3. The van der Waals surface area contributed by atoms with Gasteiger partial charge in [-0.1, -0.05) is 67.2 Å². The second kappa shape index (κ2) is 8.99.